The highest BCUT2D eigenvalue weighted by atomic mass is 35.5. The van der Waals surface area contributed by atoms with Crippen LogP contribution < -0.4 is 5.32 Å². The number of benzene rings is 3. The molecule has 27 heavy (non-hydrogen) atoms. The molecule has 1 heterocycles. The van der Waals surface area contributed by atoms with E-state index in [0.29, 0.717) is 16.4 Å². The molecule has 0 unspecified atom stereocenters. The third-order valence-electron chi connectivity index (χ3n) is 4.13. The summed E-state index contributed by atoms with van der Waals surface area (Å²) in [7, 11) is 0. The topological polar surface area (TPSA) is 46.9 Å². The fourth-order valence-corrected chi connectivity index (χ4v) is 2.90. The Balaban J connectivity index is 1.73. The van der Waals surface area contributed by atoms with E-state index in [0.717, 1.165) is 16.9 Å². The number of carbonyl (C=O) groups excluding carboxylic acids is 1. The Labute approximate surface area is 162 Å². The minimum Gasteiger partial charge on any atom is -0.306 e. The molecule has 0 aliphatic carbocycles. The van der Waals surface area contributed by atoms with Gasteiger partial charge in [-0.05, 0) is 36.4 Å². The number of aromatic nitrogens is 2. The van der Waals surface area contributed by atoms with Gasteiger partial charge in [-0.2, -0.15) is 5.10 Å². The minimum atomic E-state index is -0.219. The number of carbonyl (C=O) groups is 1. The van der Waals surface area contributed by atoms with Gasteiger partial charge in [0.15, 0.2) is 0 Å². The van der Waals surface area contributed by atoms with Crippen molar-refractivity contribution in [2.75, 3.05) is 5.32 Å². The second-order valence-electron chi connectivity index (χ2n) is 5.99. The van der Waals surface area contributed by atoms with Gasteiger partial charge in [-0.15, -0.1) is 0 Å². The Morgan fingerprint density at radius 3 is 2.15 bits per heavy atom. The van der Waals surface area contributed by atoms with E-state index in [1.54, 1.807) is 28.9 Å². The maximum Gasteiger partial charge on any atom is 0.256 e. The molecule has 0 fully saturated rings. The first-order valence-corrected chi connectivity index (χ1v) is 8.86. The molecule has 1 N–H and O–H groups in total. The van der Waals surface area contributed by atoms with Gasteiger partial charge in [-0.1, -0.05) is 60.1 Å². The number of nitrogens with one attached hydrogen (secondary N) is 1. The summed E-state index contributed by atoms with van der Waals surface area (Å²) in [6.45, 7) is 0. The van der Waals surface area contributed by atoms with Crippen molar-refractivity contribution in [3.05, 3.63) is 102 Å². The molecule has 0 saturated heterocycles. The second kappa shape index (κ2) is 7.48. The maximum absolute atomic E-state index is 12.7. The van der Waals surface area contributed by atoms with Crippen LogP contribution in [-0.2, 0) is 0 Å². The van der Waals surface area contributed by atoms with Gasteiger partial charge in [-0.3, -0.25) is 4.79 Å². The molecule has 132 valence electrons. The Hall–Kier alpha value is -3.37. The average molecular weight is 374 g/mol. The van der Waals surface area contributed by atoms with E-state index in [-0.39, 0.29) is 5.91 Å². The summed E-state index contributed by atoms with van der Waals surface area (Å²) in [6, 6.07) is 28.2. The van der Waals surface area contributed by atoms with E-state index < -0.39 is 0 Å². The first-order valence-electron chi connectivity index (χ1n) is 8.48. The molecule has 0 saturated carbocycles. The molecule has 0 spiro atoms. The first kappa shape index (κ1) is 17.1. The van der Waals surface area contributed by atoms with Crippen LogP contribution in [0.4, 0.5) is 5.82 Å². The molecule has 4 aromatic rings. The molecule has 1 amide bonds. The van der Waals surface area contributed by atoms with Crippen molar-refractivity contribution in [1.29, 1.82) is 0 Å². The van der Waals surface area contributed by atoms with Gasteiger partial charge in [0.25, 0.3) is 5.91 Å². The normalized spacial score (nSPS) is 10.6. The van der Waals surface area contributed by atoms with E-state index in [1.807, 2.05) is 66.7 Å². The minimum absolute atomic E-state index is 0.219. The van der Waals surface area contributed by atoms with Gasteiger partial charge < -0.3 is 5.32 Å². The molecule has 1 aromatic heterocycles. The summed E-state index contributed by atoms with van der Waals surface area (Å²) in [4.78, 5) is 12.7. The van der Waals surface area contributed by atoms with Gasteiger partial charge >= 0.3 is 0 Å². The number of anilines is 1. The van der Waals surface area contributed by atoms with E-state index in [9.17, 15) is 4.79 Å². The summed E-state index contributed by atoms with van der Waals surface area (Å²) in [5.74, 6) is 0.378. The van der Waals surface area contributed by atoms with Crippen LogP contribution in [0.15, 0.2) is 91.0 Å². The van der Waals surface area contributed by atoms with Crippen molar-refractivity contribution >= 4 is 23.3 Å². The lowest BCUT2D eigenvalue weighted by Gasteiger charge is -2.09. The van der Waals surface area contributed by atoms with Crippen molar-refractivity contribution < 1.29 is 4.79 Å². The van der Waals surface area contributed by atoms with Crippen LogP contribution >= 0.6 is 11.6 Å². The van der Waals surface area contributed by atoms with Gasteiger partial charge in [0.05, 0.1) is 11.4 Å². The molecule has 4 rings (SSSR count). The molecule has 0 aliphatic heterocycles. The molecule has 3 aromatic carbocycles. The van der Waals surface area contributed by atoms with E-state index >= 15 is 0 Å². The average Bonchev–Trinajstić information content (AvgIpc) is 3.13. The number of hydrogen-bond donors (Lipinski definition) is 1. The van der Waals surface area contributed by atoms with Crippen molar-refractivity contribution in [2.24, 2.45) is 0 Å². The van der Waals surface area contributed by atoms with Gasteiger partial charge in [0, 0.05) is 22.2 Å². The SMILES string of the molecule is O=C(Nc1cc(-c2ccccc2)nn1-c1ccccc1)c1ccc(Cl)cc1. The summed E-state index contributed by atoms with van der Waals surface area (Å²) in [5, 5.41) is 8.24. The Bertz CT molecular complexity index is 1060. The molecule has 0 aliphatic rings. The Morgan fingerprint density at radius 1 is 0.852 bits per heavy atom. The molecule has 0 radical (unpaired) electrons. The van der Waals surface area contributed by atoms with Crippen molar-refractivity contribution in [3.63, 3.8) is 0 Å². The highest BCUT2D eigenvalue weighted by Crippen LogP contribution is 2.25. The van der Waals surface area contributed by atoms with Crippen LogP contribution in [0.3, 0.4) is 0 Å². The standard InChI is InChI=1S/C22H16ClN3O/c23-18-13-11-17(12-14-18)22(27)24-21-15-20(16-7-3-1-4-8-16)25-26(21)19-9-5-2-6-10-19/h1-15H,(H,24,27). The largest absolute Gasteiger partial charge is 0.306 e. The molecular formula is C22H16ClN3O. The molecular weight excluding hydrogens is 358 g/mol. The van der Waals surface area contributed by atoms with E-state index in [2.05, 4.69) is 5.32 Å². The smallest absolute Gasteiger partial charge is 0.256 e. The lowest BCUT2D eigenvalue weighted by Crippen LogP contribution is -2.15. The Morgan fingerprint density at radius 2 is 1.48 bits per heavy atom. The fraction of sp³-hybridized carbons (Fsp3) is 0. The first-order chi connectivity index (χ1) is 13.2. The predicted octanol–water partition coefficient (Wildman–Crippen LogP) is 5.45. The van der Waals surface area contributed by atoms with Crippen molar-refractivity contribution in [3.8, 4) is 16.9 Å². The molecule has 4 nitrogen and oxygen atoms in total. The van der Waals surface area contributed by atoms with Crippen LogP contribution in [0.1, 0.15) is 10.4 Å². The number of hydrogen-bond acceptors (Lipinski definition) is 2. The summed E-state index contributed by atoms with van der Waals surface area (Å²) < 4.78 is 1.73. The van der Waals surface area contributed by atoms with Crippen molar-refractivity contribution in [2.45, 2.75) is 0 Å². The molecule has 5 heteroatoms. The number of halogens is 1. The maximum atomic E-state index is 12.7. The van der Waals surface area contributed by atoms with Crippen LogP contribution in [0.2, 0.25) is 5.02 Å². The third-order valence-corrected chi connectivity index (χ3v) is 4.38. The Kier molecular flexibility index (Phi) is 4.73. The highest BCUT2D eigenvalue weighted by molar-refractivity contribution is 6.30. The number of amides is 1. The van der Waals surface area contributed by atoms with Crippen LogP contribution in [-0.4, -0.2) is 15.7 Å². The lowest BCUT2D eigenvalue weighted by atomic mass is 10.1. The van der Waals surface area contributed by atoms with Gasteiger partial charge in [0.2, 0.25) is 0 Å². The second-order valence-corrected chi connectivity index (χ2v) is 6.43. The summed E-state index contributed by atoms with van der Waals surface area (Å²) in [6.07, 6.45) is 0. The number of rotatable bonds is 4. The van der Waals surface area contributed by atoms with Crippen LogP contribution in [0.5, 0.6) is 0 Å². The zero-order chi connectivity index (χ0) is 18.6. The van der Waals surface area contributed by atoms with E-state index in [1.165, 1.54) is 0 Å². The molecule has 0 atom stereocenters. The monoisotopic (exact) mass is 373 g/mol. The van der Waals surface area contributed by atoms with E-state index in [4.69, 9.17) is 16.7 Å². The van der Waals surface area contributed by atoms with Gasteiger partial charge in [-0.25, -0.2) is 4.68 Å². The predicted molar refractivity (Wildman–Crippen MR) is 108 cm³/mol. The third kappa shape index (κ3) is 3.76. The summed E-state index contributed by atoms with van der Waals surface area (Å²) >= 11 is 5.91. The van der Waals surface area contributed by atoms with Crippen LogP contribution in [0, 0.1) is 0 Å². The lowest BCUT2D eigenvalue weighted by molar-refractivity contribution is 0.102. The number of nitrogens with zero attached hydrogens (tertiary/aromatic N) is 2. The number of para-hydroxylation sites is 1. The highest BCUT2D eigenvalue weighted by Gasteiger charge is 2.14. The van der Waals surface area contributed by atoms with Crippen LogP contribution in [0.25, 0.3) is 16.9 Å². The zero-order valence-corrected chi connectivity index (χ0v) is 15.1. The fourth-order valence-electron chi connectivity index (χ4n) is 2.78. The zero-order valence-electron chi connectivity index (χ0n) is 14.3. The summed E-state index contributed by atoms with van der Waals surface area (Å²) in [5.41, 5.74) is 3.16. The quantitative estimate of drug-likeness (QED) is 0.517. The van der Waals surface area contributed by atoms with Crippen molar-refractivity contribution in [1.82, 2.24) is 9.78 Å². The molecule has 0 bridgehead atoms. The van der Waals surface area contributed by atoms with Gasteiger partial charge in [0.1, 0.15) is 5.82 Å².